The topological polar surface area (TPSA) is 64.3 Å². The molecule has 0 amide bonds. The number of aliphatic hydroxyl groups excluding tert-OH is 1. The number of hydrogen-bond donors (Lipinski definition) is 1. The molecule has 90 valence electrons. The SMILES string of the molecule is CCCOC(=O)CCC(O)c1cnn(C)c1. The van der Waals surface area contributed by atoms with Crippen LogP contribution < -0.4 is 0 Å². The molecule has 1 atom stereocenters. The quantitative estimate of drug-likeness (QED) is 0.740. The number of nitrogens with zero attached hydrogens (tertiary/aromatic N) is 2. The van der Waals surface area contributed by atoms with E-state index in [0.29, 0.717) is 13.0 Å². The van der Waals surface area contributed by atoms with Crippen molar-refractivity contribution in [3.8, 4) is 0 Å². The van der Waals surface area contributed by atoms with Crippen LogP contribution >= 0.6 is 0 Å². The van der Waals surface area contributed by atoms with Crippen molar-refractivity contribution < 1.29 is 14.6 Å². The van der Waals surface area contributed by atoms with Crippen LogP contribution in [0, 0.1) is 0 Å². The van der Waals surface area contributed by atoms with E-state index in [1.165, 1.54) is 0 Å². The highest BCUT2D eigenvalue weighted by molar-refractivity contribution is 5.69. The molecule has 0 aliphatic rings. The molecule has 0 spiro atoms. The lowest BCUT2D eigenvalue weighted by Gasteiger charge is -2.07. The first-order valence-corrected chi connectivity index (χ1v) is 5.45. The fraction of sp³-hybridized carbons (Fsp3) is 0.636. The average molecular weight is 226 g/mol. The fourth-order valence-electron chi connectivity index (χ4n) is 1.32. The van der Waals surface area contributed by atoms with Gasteiger partial charge in [-0.3, -0.25) is 9.48 Å². The average Bonchev–Trinajstić information content (AvgIpc) is 2.69. The molecule has 1 aromatic heterocycles. The minimum atomic E-state index is -0.650. The maximum Gasteiger partial charge on any atom is 0.305 e. The number of ether oxygens (including phenoxy) is 1. The van der Waals surface area contributed by atoms with E-state index < -0.39 is 6.10 Å². The zero-order chi connectivity index (χ0) is 12.0. The number of hydrogen-bond acceptors (Lipinski definition) is 4. The first-order valence-electron chi connectivity index (χ1n) is 5.45. The van der Waals surface area contributed by atoms with Crippen LogP contribution in [0.25, 0.3) is 0 Å². The van der Waals surface area contributed by atoms with Crippen LogP contribution in [-0.4, -0.2) is 27.5 Å². The van der Waals surface area contributed by atoms with Crippen LogP contribution in [0.1, 0.15) is 37.9 Å². The molecule has 0 aromatic carbocycles. The summed E-state index contributed by atoms with van der Waals surface area (Å²) in [6, 6.07) is 0. The molecule has 0 aliphatic heterocycles. The van der Waals surface area contributed by atoms with Crippen molar-refractivity contribution in [3.63, 3.8) is 0 Å². The lowest BCUT2D eigenvalue weighted by atomic mass is 10.1. The normalized spacial score (nSPS) is 12.4. The van der Waals surface area contributed by atoms with Crippen molar-refractivity contribution in [2.75, 3.05) is 6.61 Å². The Bertz CT molecular complexity index is 336. The summed E-state index contributed by atoms with van der Waals surface area (Å²) >= 11 is 0. The van der Waals surface area contributed by atoms with Crippen LogP contribution in [0.2, 0.25) is 0 Å². The molecule has 0 aliphatic carbocycles. The van der Waals surface area contributed by atoms with Crippen molar-refractivity contribution in [1.29, 1.82) is 0 Å². The molecule has 5 nitrogen and oxygen atoms in total. The van der Waals surface area contributed by atoms with Gasteiger partial charge in [-0.1, -0.05) is 6.92 Å². The summed E-state index contributed by atoms with van der Waals surface area (Å²) < 4.78 is 6.53. The molecule has 0 saturated carbocycles. The van der Waals surface area contributed by atoms with E-state index in [2.05, 4.69) is 5.10 Å². The third-order valence-electron chi connectivity index (χ3n) is 2.20. The second-order valence-corrected chi connectivity index (χ2v) is 3.72. The fourth-order valence-corrected chi connectivity index (χ4v) is 1.32. The summed E-state index contributed by atoms with van der Waals surface area (Å²) in [7, 11) is 1.78. The van der Waals surface area contributed by atoms with E-state index in [4.69, 9.17) is 4.74 Å². The summed E-state index contributed by atoms with van der Waals surface area (Å²) in [6.45, 7) is 2.39. The predicted molar refractivity (Wildman–Crippen MR) is 58.7 cm³/mol. The van der Waals surface area contributed by atoms with Gasteiger partial charge in [0, 0.05) is 25.2 Å². The molecule has 0 fully saturated rings. The zero-order valence-electron chi connectivity index (χ0n) is 9.72. The number of carbonyl (C=O) groups excluding carboxylic acids is 1. The molecule has 0 saturated heterocycles. The summed E-state index contributed by atoms with van der Waals surface area (Å²) in [5.41, 5.74) is 0.728. The van der Waals surface area contributed by atoms with Gasteiger partial charge in [0.15, 0.2) is 0 Å². The van der Waals surface area contributed by atoms with Gasteiger partial charge in [0.1, 0.15) is 0 Å². The van der Waals surface area contributed by atoms with Gasteiger partial charge in [-0.05, 0) is 12.8 Å². The van der Waals surface area contributed by atoms with Gasteiger partial charge in [0.05, 0.1) is 18.9 Å². The largest absolute Gasteiger partial charge is 0.466 e. The van der Waals surface area contributed by atoms with Crippen molar-refractivity contribution in [3.05, 3.63) is 18.0 Å². The molecule has 1 unspecified atom stereocenters. The van der Waals surface area contributed by atoms with Gasteiger partial charge < -0.3 is 9.84 Å². The van der Waals surface area contributed by atoms with E-state index in [1.54, 1.807) is 24.1 Å². The van der Waals surface area contributed by atoms with Gasteiger partial charge in [-0.2, -0.15) is 5.10 Å². The molecule has 1 aromatic rings. The van der Waals surface area contributed by atoms with E-state index in [1.807, 2.05) is 6.92 Å². The lowest BCUT2D eigenvalue weighted by molar-refractivity contribution is -0.144. The molecule has 1 N–H and O–H groups in total. The number of esters is 1. The number of rotatable bonds is 6. The summed E-state index contributed by atoms with van der Waals surface area (Å²) in [6.07, 6.45) is 4.11. The number of aryl methyl sites for hydroxylation is 1. The third-order valence-corrected chi connectivity index (χ3v) is 2.20. The lowest BCUT2D eigenvalue weighted by Crippen LogP contribution is -2.07. The molecule has 1 heterocycles. The highest BCUT2D eigenvalue weighted by Gasteiger charge is 2.12. The number of carbonyl (C=O) groups is 1. The minimum absolute atomic E-state index is 0.232. The van der Waals surface area contributed by atoms with Gasteiger partial charge in [-0.25, -0.2) is 0 Å². The van der Waals surface area contributed by atoms with Crippen molar-refractivity contribution in [2.45, 2.75) is 32.3 Å². The molecule has 1 rings (SSSR count). The van der Waals surface area contributed by atoms with Gasteiger partial charge >= 0.3 is 5.97 Å². The van der Waals surface area contributed by atoms with Crippen LogP contribution in [0.3, 0.4) is 0 Å². The summed E-state index contributed by atoms with van der Waals surface area (Å²) in [4.78, 5) is 11.2. The summed E-state index contributed by atoms with van der Waals surface area (Å²) in [5, 5.41) is 13.7. The Hall–Kier alpha value is -1.36. The van der Waals surface area contributed by atoms with Gasteiger partial charge in [0.25, 0.3) is 0 Å². The predicted octanol–water partition coefficient (Wildman–Crippen LogP) is 1.19. The van der Waals surface area contributed by atoms with Gasteiger partial charge in [-0.15, -0.1) is 0 Å². The van der Waals surface area contributed by atoms with Crippen molar-refractivity contribution in [2.24, 2.45) is 7.05 Å². The zero-order valence-corrected chi connectivity index (χ0v) is 9.72. The first-order chi connectivity index (χ1) is 7.63. The van der Waals surface area contributed by atoms with Crippen molar-refractivity contribution >= 4 is 5.97 Å². The highest BCUT2D eigenvalue weighted by atomic mass is 16.5. The number of aromatic nitrogens is 2. The number of aliphatic hydroxyl groups is 1. The third kappa shape index (κ3) is 4.02. The van der Waals surface area contributed by atoms with Crippen LogP contribution in [0.15, 0.2) is 12.4 Å². The standard InChI is InChI=1S/C11H18N2O3/c1-3-6-16-11(15)5-4-10(14)9-7-12-13(2)8-9/h7-8,10,14H,3-6H2,1-2H3. The molecule has 5 heteroatoms. The summed E-state index contributed by atoms with van der Waals surface area (Å²) in [5.74, 6) is -0.259. The molecule has 16 heavy (non-hydrogen) atoms. The Morgan fingerprint density at radius 2 is 2.44 bits per heavy atom. The minimum Gasteiger partial charge on any atom is -0.466 e. The molecule has 0 radical (unpaired) electrons. The Kier molecular flexibility index (Phi) is 4.98. The van der Waals surface area contributed by atoms with Gasteiger partial charge in [0.2, 0.25) is 0 Å². The second-order valence-electron chi connectivity index (χ2n) is 3.72. The highest BCUT2D eigenvalue weighted by Crippen LogP contribution is 2.17. The second kappa shape index (κ2) is 6.27. The Morgan fingerprint density at radius 1 is 1.69 bits per heavy atom. The molecular formula is C11H18N2O3. The van der Waals surface area contributed by atoms with E-state index in [0.717, 1.165) is 12.0 Å². The van der Waals surface area contributed by atoms with E-state index in [9.17, 15) is 9.90 Å². The molecular weight excluding hydrogens is 208 g/mol. The first kappa shape index (κ1) is 12.7. The Morgan fingerprint density at radius 3 is 3.00 bits per heavy atom. The van der Waals surface area contributed by atoms with E-state index >= 15 is 0 Å². The van der Waals surface area contributed by atoms with Crippen LogP contribution in [-0.2, 0) is 16.6 Å². The smallest absolute Gasteiger partial charge is 0.305 e. The maximum atomic E-state index is 11.2. The maximum absolute atomic E-state index is 11.2. The monoisotopic (exact) mass is 226 g/mol. The molecule has 0 bridgehead atoms. The Labute approximate surface area is 95.0 Å². The van der Waals surface area contributed by atoms with Crippen LogP contribution in [0.4, 0.5) is 0 Å². The Balaban J connectivity index is 2.29. The van der Waals surface area contributed by atoms with Crippen LogP contribution in [0.5, 0.6) is 0 Å². The van der Waals surface area contributed by atoms with Crippen molar-refractivity contribution in [1.82, 2.24) is 9.78 Å². The van der Waals surface area contributed by atoms with E-state index in [-0.39, 0.29) is 12.4 Å².